The molecule has 7 heteroatoms. The van der Waals surface area contributed by atoms with Crippen LogP contribution < -0.4 is 5.32 Å². The molecule has 0 saturated carbocycles. The highest BCUT2D eigenvalue weighted by Crippen LogP contribution is 2.17. The molecule has 0 bridgehead atoms. The van der Waals surface area contributed by atoms with Crippen LogP contribution in [0.25, 0.3) is 22.9 Å². The molecular formula is C19H15N5OS. The number of pyridine rings is 1. The first-order valence-electron chi connectivity index (χ1n) is 7.99. The first-order chi connectivity index (χ1) is 12.7. The van der Waals surface area contributed by atoms with Gasteiger partial charge in [0, 0.05) is 11.5 Å². The number of anilines is 1. The van der Waals surface area contributed by atoms with Gasteiger partial charge in [-0.05, 0) is 37.3 Å². The number of imidazole rings is 1. The van der Waals surface area contributed by atoms with Gasteiger partial charge in [-0.15, -0.1) is 11.3 Å². The van der Waals surface area contributed by atoms with Crippen molar-refractivity contribution in [3.63, 3.8) is 0 Å². The average Bonchev–Trinajstić information content (AvgIpc) is 3.27. The first kappa shape index (κ1) is 16.2. The zero-order valence-corrected chi connectivity index (χ0v) is 14.8. The van der Waals surface area contributed by atoms with Gasteiger partial charge in [-0.25, -0.2) is 15.0 Å². The number of amides is 1. The van der Waals surface area contributed by atoms with Crippen LogP contribution in [0.1, 0.15) is 10.7 Å². The van der Waals surface area contributed by atoms with E-state index in [1.165, 1.54) is 6.08 Å². The number of rotatable bonds is 4. The number of fused-ring (bicyclic) bond motifs is 1. The molecule has 1 N–H and O–H groups in total. The number of para-hydroxylation sites is 2. The fourth-order valence-electron chi connectivity index (χ4n) is 2.55. The van der Waals surface area contributed by atoms with E-state index in [2.05, 4.69) is 20.3 Å². The molecule has 0 aliphatic heterocycles. The van der Waals surface area contributed by atoms with E-state index in [0.717, 1.165) is 27.6 Å². The Morgan fingerprint density at radius 2 is 2.08 bits per heavy atom. The van der Waals surface area contributed by atoms with E-state index in [1.807, 2.05) is 53.3 Å². The standard InChI is InChI=1S/C19H15N5OS/c1-13-22-15(11-26-13)7-9-19(25)23-14-6-8-18(20-10-14)24-12-21-16-4-2-3-5-17(16)24/h2-12H,1H3,(H,23,25)/b9-7+. The average molecular weight is 361 g/mol. The quantitative estimate of drug-likeness (QED) is 0.561. The molecule has 3 heterocycles. The number of nitrogens with zero attached hydrogens (tertiary/aromatic N) is 4. The van der Waals surface area contributed by atoms with Gasteiger partial charge in [0.2, 0.25) is 5.91 Å². The third-order valence-corrected chi connectivity index (χ3v) is 4.55. The number of aromatic nitrogens is 4. The smallest absolute Gasteiger partial charge is 0.248 e. The van der Waals surface area contributed by atoms with E-state index in [1.54, 1.807) is 29.9 Å². The van der Waals surface area contributed by atoms with Crippen LogP contribution in [0.4, 0.5) is 5.69 Å². The number of thiazole rings is 1. The van der Waals surface area contributed by atoms with Crippen LogP contribution >= 0.6 is 11.3 Å². The Hall–Kier alpha value is -3.32. The van der Waals surface area contributed by atoms with Gasteiger partial charge in [-0.3, -0.25) is 9.36 Å². The fraction of sp³-hybridized carbons (Fsp3) is 0.0526. The summed E-state index contributed by atoms with van der Waals surface area (Å²) in [6, 6.07) is 11.5. The number of aryl methyl sites for hydroxylation is 1. The van der Waals surface area contributed by atoms with Crippen molar-refractivity contribution in [2.75, 3.05) is 5.32 Å². The number of benzene rings is 1. The third kappa shape index (κ3) is 3.38. The molecule has 3 aromatic heterocycles. The zero-order valence-electron chi connectivity index (χ0n) is 14.0. The molecule has 128 valence electrons. The SMILES string of the molecule is Cc1nc(/C=C/C(=O)Nc2ccc(-n3cnc4ccccc43)nc2)cs1. The number of nitrogens with one attached hydrogen (secondary N) is 1. The summed E-state index contributed by atoms with van der Waals surface area (Å²) in [4.78, 5) is 25.1. The van der Waals surface area contributed by atoms with Gasteiger partial charge < -0.3 is 5.32 Å². The van der Waals surface area contributed by atoms with Crippen molar-refractivity contribution in [3.8, 4) is 5.82 Å². The molecule has 0 spiro atoms. The van der Waals surface area contributed by atoms with Gasteiger partial charge >= 0.3 is 0 Å². The number of carbonyl (C=O) groups is 1. The molecule has 4 rings (SSSR count). The molecule has 0 atom stereocenters. The van der Waals surface area contributed by atoms with Gasteiger partial charge in [0.1, 0.15) is 12.1 Å². The molecule has 0 saturated heterocycles. The summed E-state index contributed by atoms with van der Waals surface area (Å²) in [7, 11) is 0. The summed E-state index contributed by atoms with van der Waals surface area (Å²) in [5.41, 5.74) is 3.30. The minimum Gasteiger partial charge on any atom is -0.321 e. The van der Waals surface area contributed by atoms with E-state index >= 15 is 0 Å². The fourth-order valence-corrected chi connectivity index (χ4v) is 3.13. The summed E-state index contributed by atoms with van der Waals surface area (Å²) in [6.45, 7) is 1.93. The van der Waals surface area contributed by atoms with E-state index < -0.39 is 0 Å². The molecule has 1 aromatic carbocycles. The van der Waals surface area contributed by atoms with Crippen molar-refractivity contribution < 1.29 is 4.79 Å². The lowest BCUT2D eigenvalue weighted by Crippen LogP contribution is -2.08. The summed E-state index contributed by atoms with van der Waals surface area (Å²) in [6.07, 6.45) is 6.52. The molecule has 0 aliphatic rings. The van der Waals surface area contributed by atoms with E-state index in [4.69, 9.17) is 0 Å². The second-order valence-corrected chi connectivity index (χ2v) is 6.68. The number of hydrogen-bond donors (Lipinski definition) is 1. The van der Waals surface area contributed by atoms with Gasteiger partial charge in [-0.1, -0.05) is 12.1 Å². The van der Waals surface area contributed by atoms with Gasteiger partial charge in [0.05, 0.1) is 33.6 Å². The lowest BCUT2D eigenvalue weighted by atomic mass is 10.3. The molecular weight excluding hydrogens is 346 g/mol. The maximum atomic E-state index is 12.0. The van der Waals surface area contributed by atoms with Crippen molar-refractivity contribution in [2.24, 2.45) is 0 Å². The lowest BCUT2D eigenvalue weighted by Gasteiger charge is -2.05. The van der Waals surface area contributed by atoms with Crippen molar-refractivity contribution in [3.05, 3.63) is 71.1 Å². The zero-order chi connectivity index (χ0) is 17.9. The predicted octanol–water partition coefficient (Wildman–Crippen LogP) is 3.84. The molecule has 0 unspecified atom stereocenters. The first-order valence-corrected chi connectivity index (χ1v) is 8.87. The van der Waals surface area contributed by atoms with Crippen LogP contribution in [0.2, 0.25) is 0 Å². The Bertz CT molecular complexity index is 1090. The minimum atomic E-state index is -0.224. The molecule has 4 aromatic rings. The van der Waals surface area contributed by atoms with Crippen LogP contribution in [0.5, 0.6) is 0 Å². The van der Waals surface area contributed by atoms with E-state index in [0.29, 0.717) is 5.69 Å². The van der Waals surface area contributed by atoms with E-state index in [-0.39, 0.29) is 5.91 Å². The summed E-state index contributed by atoms with van der Waals surface area (Å²) in [5.74, 6) is 0.517. The van der Waals surface area contributed by atoms with E-state index in [9.17, 15) is 4.79 Å². The summed E-state index contributed by atoms with van der Waals surface area (Å²) in [5, 5.41) is 5.67. The largest absolute Gasteiger partial charge is 0.321 e. The predicted molar refractivity (Wildman–Crippen MR) is 103 cm³/mol. The Morgan fingerprint density at radius 3 is 2.85 bits per heavy atom. The van der Waals surface area contributed by atoms with Crippen LogP contribution in [-0.4, -0.2) is 25.4 Å². The molecule has 0 aliphatic carbocycles. The number of carbonyl (C=O) groups excluding carboxylic acids is 1. The molecule has 0 radical (unpaired) electrons. The lowest BCUT2D eigenvalue weighted by molar-refractivity contribution is -0.111. The maximum Gasteiger partial charge on any atom is 0.248 e. The number of hydrogen-bond acceptors (Lipinski definition) is 5. The molecule has 6 nitrogen and oxygen atoms in total. The van der Waals surface area contributed by atoms with Gasteiger partial charge in [0.15, 0.2) is 0 Å². The molecule has 0 fully saturated rings. The normalized spacial score (nSPS) is 11.3. The van der Waals surface area contributed by atoms with Crippen molar-refractivity contribution in [1.29, 1.82) is 0 Å². The Balaban J connectivity index is 1.47. The topological polar surface area (TPSA) is 72.7 Å². The van der Waals surface area contributed by atoms with Crippen molar-refractivity contribution in [1.82, 2.24) is 19.5 Å². The van der Waals surface area contributed by atoms with Crippen LogP contribution in [0.15, 0.2) is 60.4 Å². The third-order valence-electron chi connectivity index (χ3n) is 3.76. The van der Waals surface area contributed by atoms with Crippen LogP contribution in [0.3, 0.4) is 0 Å². The minimum absolute atomic E-state index is 0.224. The Kier molecular flexibility index (Phi) is 4.28. The summed E-state index contributed by atoms with van der Waals surface area (Å²) < 4.78 is 1.91. The van der Waals surface area contributed by atoms with Gasteiger partial charge in [-0.2, -0.15) is 0 Å². The van der Waals surface area contributed by atoms with Crippen LogP contribution in [0, 0.1) is 6.92 Å². The highest BCUT2D eigenvalue weighted by atomic mass is 32.1. The summed E-state index contributed by atoms with van der Waals surface area (Å²) >= 11 is 1.55. The highest BCUT2D eigenvalue weighted by Gasteiger charge is 2.05. The van der Waals surface area contributed by atoms with Crippen LogP contribution in [-0.2, 0) is 4.79 Å². The maximum absolute atomic E-state index is 12.0. The Morgan fingerprint density at radius 1 is 1.19 bits per heavy atom. The molecule has 1 amide bonds. The van der Waals surface area contributed by atoms with Crippen molar-refractivity contribution >= 4 is 40.0 Å². The Labute approximate surface area is 153 Å². The molecule has 26 heavy (non-hydrogen) atoms. The second kappa shape index (κ2) is 6.89. The monoisotopic (exact) mass is 361 g/mol. The van der Waals surface area contributed by atoms with Gasteiger partial charge in [0.25, 0.3) is 0 Å². The van der Waals surface area contributed by atoms with Crippen molar-refractivity contribution in [2.45, 2.75) is 6.92 Å². The second-order valence-electron chi connectivity index (χ2n) is 5.62. The highest BCUT2D eigenvalue weighted by molar-refractivity contribution is 7.09.